The molecule has 1 aromatic heterocycles. The molecule has 3 rings (SSSR count). The van der Waals surface area contributed by atoms with Gasteiger partial charge in [-0.1, -0.05) is 27.2 Å². The molecule has 2 aromatic rings. The van der Waals surface area contributed by atoms with Gasteiger partial charge in [-0.2, -0.15) is 4.98 Å². The van der Waals surface area contributed by atoms with Crippen LogP contribution in [0.15, 0.2) is 27.2 Å². The lowest BCUT2D eigenvalue weighted by molar-refractivity contribution is 0.432. The summed E-state index contributed by atoms with van der Waals surface area (Å²) in [6, 6.07) is 7.09. The second kappa shape index (κ2) is 4.14. The first-order valence-corrected chi connectivity index (χ1v) is 6.38. The van der Waals surface area contributed by atoms with Gasteiger partial charge >= 0.3 is 6.01 Å². The second-order valence-corrected chi connectivity index (χ2v) is 5.18. The van der Waals surface area contributed by atoms with Crippen LogP contribution in [0.5, 0.6) is 0 Å². The molecule has 1 aliphatic carbocycles. The van der Waals surface area contributed by atoms with Crippen molar-refractivity contribution in [2.75, 3.05) is 5.32 Å². The highest BCUT2D eigenvalue weighted by Crippen LogP contribution is 2.29. The van der Waals surface area contributed by atoms with E-state index in [0.717, 1.165) is 10.0 Å². The summed E-state index contributed by atoms with van der Waals surface area (Å²) in [6.07, 6.45) is 2.37. The number of halogens is 1. The average Bonchev–Trinajstić information content (AvgIpc) is 2.96. The zero-order valence-corrected chi connectivity index (χ0v) is 11.0. The molecule has 5 heteroatoms. The van der Waals surface area contributed by atoms with Crippen LogP contribution in [0.1, 0.15) is 18.4 Å². The molecule has 0 radical (unpaired) electrons. The summed E-state index contributed by atoms with van der Waals surface area (Å²) in [5, 5.41) is 7.16. The number of anilines is 1. The van der Waals surface area contributed by atoms with Crippen LogP contribution in [0.25, 0.3) is 11.4 Å². The van der Waals surface area contributed by atoms with Gasteiger partial charge in [0.1, 0.15) is 0 Å². The molecule has 0 bridgehead atoms. The number of rotatable bonds is 3. The van der Waals surface area contributed by atoms with Crippen molar-refractivity contribution in [1.82, 2.24) is 10.1 Å². The van der Waals surface area contributed by atoms with Crippen LogP contribution >= 0.6 is 15.9 Å². The summed E-state index contributed by atoms with van der Waals surface area (Å²) >= 11 is 3.51. The van der Waals surface area contributed by atoms with E-state index in [1.807, 2.05) is 25.1 Å². The van der Waals surface area contributed by atoms with E-state index in [-0.39, 0.29) is 0 Å². The monoisotopic (exact) mass is 293 g/mol. The van der Waals surface area contributed by atoms with E-state index in [0.29, 0.717) is 17.9 Å². The Labute approximate surface area is 108 Å². The summed E-state index contributed by atoms with van der Waals surface area (Å²) in [5.41, 5.74) is 2.14. The Kier molecular flexibility index (Phi) is 2.63. The molecule has 0 atom stereocenters. The minimum Gasteiger partial charge on any atom is -0.335 e. The van der Waals surface area contributed by atoms with Crippen LogP contribution in [-0.2, 0) is 0 Å². The summed E-state index contributed by atoms with van der Waals surface area (Å²) in [7, 11) is 0. The molecule has 17 heavy (non-hydrogen) atoms. The van der Waals surface area contributed by atoms with Crippen molar-refractivity contribution in [1.29, 1.82) is 0 Å². The van der Waals surface area contributed by atoms with Gasteiger partial charge in [0, 0.05) is 16.1 Å². The van der Waals surface area contributed by atoms with Crippen LogP contribution < -0.4 is 5.32 Å². The Morgan fingerprint density at radius 2 is 2.24 bits per heavy atom. The number of nitrogens with zero attached hydrogens (tertiary/aromatic N) is 2. The highest BCUT2D eigenvalue weighted by molar-refractivity contribution is 9.10. The number of hydrogen-bond acceptors (Lipinski definition) is 4. The summed E-state index contributed by atoms with van der Waals surface area (Å²) in [4.78, 5) is 4.33. The number of aromatic nitrogens is 2. The molecule has 0 amide bonds. The summed E-state index contributed by atoms with van der Waals surface area (Å²) < 4.78 is 6.14. The molecule has 1 aliphatic rings. The second-order valence-electron chi connectivity index (χ2n) is 4.33. The van der Waals surface area contributed by atoms with Gasteiger partial charge in [-0.25, -0.2) is 0 Å². The number of nitrogens with one attached hydrogen (secondary N) is 1. The van der Waals surface area contributed by atoms with E-state index in [1.54, 1.807) is 0 Å². The van der Waals surface area contributed by atoms with Gasteiger partial charge in [0.25, 0.3) is 0 Å². The number of aryl methyl sites for hydroxylation is 1. The quantitative estimate of drug-likeness (QED) is 0.942. The third-order valence-corrected chi connectivity index (χ3v) is 3.35. The van der Waals surface area contributed by atoms with Crippen molar-refractivity contribution in [2.24, 2.45) is 0 Å². The molecule has 1 saturated carbocycles. The van der Waals surface area contributed by atoms with Crippen molar-refractivity contribution in [3.8, 4) is 11.4 Å². The largest absolute Gasteiger partial charge is 0.335 e. The first-order chi connectivity index (χ1) is 8.22. The fourth-order valence-electron chi connectivity index (χ4n) is 1.60. The van der Waals surface area contributed by atoms with E-state index < -0.39 is 0 Å². The molecule has 1 aromatic carbocycles. The van der Waals surface area contributed by atoms with E-state index in [1.165, 1.54) is 18.4 Å². The minimum absolute atomic E-state index is 0.509. The Morgan fingerprint density at radius 1 is 1.41 bits per heavy atom. The summed E-state index contributed by atoms with van der Waals surface area (Å²) in [6.45, 7) is 2.05. The number of benzene rings is 1. The van der Waals surface area contributed by atoms with Gasteiger partial charge in [-0.05, 0) is 37.5 Å². The Balaban J connectivity index is 1.89. The third-order valence-electron chi connectivity index (χ3n) is 2.70. The molecule has 1 N–H and O–H groups in total. The maximum absolute atomic E-state index is 5.16. The molecule has 1 fully saturated rings. The molecular formula is C12H12BrN3O. The van der Waals surface area contributed by atoms with E-state index in [4.69, 9.17) is 4.52 Å². The first-order valence-electron chi connectivity index (χ1n) is 5.59. The van der Waals surface area contributed by atoms with Gasteiger partial charge in [0.2, 0.25) is 5.82 Å². The molecule has 88 valence electrons. The van der Waals surface area contributed by atoms with Gasteiger partial charge in [0.15, 0.2) is 0 Å². The van der Waals surface area contributed by atoms with Crippen LogP contribution in [0.4, 0.5) is 6.01 Å². The van der Waals surface area contributed by atoms with Gasteiger partial charge < -0.3 is 9.84 Å². The fraction of sp³-hybridized carbons (Fsp3) is 0.333. The molecule has 0 aliphatic heterocycles. The molecule has 0 unspecified atom stereocenters. The lowest BCUT2D eigenvalue weighted by Gasteiger charge is -1.99. The van der Waals surface area contributed by atoms with Crippen molar-refractivity contribution >= 4 is 21.9 Å². The van der Waals surface area contributed by atoms with E-state index >= 15 is 0 Å². The Bertz CT molecular complexity index is 548. The molecular weight excluding hydrogens is 282 g/mol. The predicted octanol–water partition coefficient (Wildman–Crippen LogP) is 3.38. The van der Waals surface area contributed by atoms with Crippen molar-refractivity contribution in [3.63, 3.8) is 0 Å². The van der Waals surface area contributed by atoms with Gasteiger partial charge in [-0.15, -0.1) is 0 Å². The molecule has 4 nitrogen and oxygen atoms in total. The zero-order valence-electron chi connectivity index (χ0n) is 9.40. The molecule has 0 spiro atoms. The molecule has 1 heterocycles. The van der Waals surface area contributed by atoms with Crippen LogP contribution in [0.2, 0.25) is 0 Å². The standard InChI is InChI=1S/C12H12BrN3O/c1-7-2-5-9(10(13)6-7)11-15-12(17-16-11)14-8-3-4-8/h2,5-6,8H,3-4H2,1H3,(H,14,15,16). The SMILES string of the molecule is Cc1ccc(-c2noc(NC3CC3)n2)c(Br)c1. The molecule has 0 saturated heterocycles. The maximum atomic E-state index is 5.16. The fourth-order valence-corrected chi connectivity index (χ4v) is 2.27. The van der Waals surface area contributed by atoms with E-state index in [9.17, 15) is 0 Å². The lowest BCUT2D eigenvalue weighted by atomic mass is 10.1. The van der Waals surface area contributed by atoms with Crippen molar-refractivity contribution in [3.05, 3.63) is 28.2 Å². The predicted molar refractivity (Wildman–Crippen MR) is 68.8 cm³/mol. The summed E-state index contributed by atoms with van der Waals surface area (Å²) in [5.74, 6) is 0.611. The topological polar surface area (TPSA) is 51.0 Å². The van der Waals surface area contributed by atoms with Gasteiger partial charge in [0.05, 0.1) is 0 Å². The zero-order chi connectivity index (χ0) is 11.8. The van der Waals surface area contributed by atoms with Crippen LogP contribution in [-0.4, -0.2) is 16.2 Å². The lowest BCUT2D eigenvalue weighted by Crippen LogP contribution is -2.00. The highest BCUT2D eigenvalue weighted by Gasteiger charge is 2.23. The van der Waals surface area contributed by atoms with Crippen molar-refractivity contribution < 1.29 is 4.52 Å². The maximum Gasteiger partial charge on any atom is 0.322 e. The minimum atomic E-state index is 0.509. The van der Waals surface area contributed by atoms with E-state index in [2.05, 4.69) is 31.4 Å². The van der Waals surface area contributed by atoms with Gasteiger partial charge in [-0.3, -0.25) is 0 Å². The Morgan fingerprint density at radius 3 is 2.94 bits per heavy atom. The average molecular weight is 294 g/mol. The number of hydrogen-bond donors (Lipinski definition) is 1. The third kappa shape index (κ3) is 2.34. The first kappa shape index (κ1) is 10.8. The smallest absolute Gasteiger partial charge is 0.322 e. The van der Waals surface area contributed by atoms with Crippen LogP contribution in [0, 0.1) is 6.92 Å². The highest BCUT2D eigenvalue weighted by atomic mass is 79.9. The Hall–Kier alpha value is -1.36. The van der Waals surface area contributed by atoms with Crippen LogP contribution in [0.3, 0.4) is 0 Å². The normalized spacial score (nSPS) is 14.9. The van der Waals surface area contributed by atoms with Crippen molar-refractivity contribution in [2.45, 2.75) is 25.8 Å².